The first-order valence-electron chi connectivity index (χ1n) is 7.89. The quantitative estimate of drug-likeness (QED) is 0.672. The molecule has 2 aliphatic rings. The second kappa shape index (κ2) is 7.59. The van der Waals surface area contributed by atoms with Gasteiger partial charge in [0.15, 0.2) is 0 Å². The average Bonchev–Trinajstić information content (AvgIpc) is 2.52. The van der Waals surface area contributed by atoms with Crippen molar-refractivity contribution in [3.8, 4) is 0 Å². The summed E-state index contributed by atoms with van der Waals surface area (Å²) in [6.45, 7) is 0.723. The minimum atomic E-state index is -0.898. The van der Waals surface area contributed by atoms with E-state index in [4.69, 9.17) is 0 Å². The number of carbonyl (C=O) groups excluding carboxylic acids is 1. The summed E-state index contributed by atoms with van der Waals surface area (Å²) in [6.07, 6.45) is 8.98. The van der Waals surface area contributed by atoms with Crippen molar-refractivity contribution in [1.82, 2.24) is 5.32 Å². The molecule has 5 heteroatoms. The van der Waals surface area contributed by atoms with Crippen molar-refractivity contribution in [3.63, 3.8) is 0 Å². The zero-order valence-electron chi connectivity index (χ0n) is 12.3. The van der Waals surface area contributed by atoms with Crippen LogP contribution in [0.2, 0.25) is 0 Å². The largest absolute Gasteiger partial charge is 0.481 e. The first kappa shape index (κ1) is 16.0. The predicted octanol–water partition coefficient (Wildman–Crippen LogP) is 1.57. The summed E-state index contributed by atoms with van der Waals surface area (Å²) in [6, 6.07) is 0. The van der Waals surface area contributed by atoms with Crippen molar-refractivity contribution in [2.75, 3.05) is 13.2 Å². The number of allylic oxidation sites excluding steroid dienone is 2. The molecular formula is C16H25NO4. The lowest BCUT2D eigenvalue weighted by atomic mass is 9.79. The molecule has 5 nitrogen and oxygen atoms in total. The highest BCUT2D eigenvalue weighted by Gasteiger charge is 2.34. The molecule has 0 aromatic rings. The number of carbonyl (C=O) groups is 2. The summed E-state index contributed by atoms with van der Waals surface area (Å²) in [7, 11) is 0. The van der Waals surface area contributed by atoms with Crippen molar-refractivity contribution in [1.29, 1.82) is 0 Å². The van der Waals surface area contributed by atoms with Crippen LogP contribution < -0.4 is 5.32 Å². The van der Waals surface area contributed by atoms with Gasteiger partial charge in [0.05, 0.1) is 11.8 Å². The van der Waals surface area contributed by atoms with Gasteiger partial charge in [0.25, 0.3) is 0 Å². The normalized spacial score (nSPS) is 32.6. The number of carboxylic acids is 1. The van der Waals surface area contributed by atoms with Gasteiger partial charge in [-0.25, -0.2) is 0 Å². The van der Waals surface area contributed by atoms with Crippen LogP contribution >= 0.6 is 0 Å². The molecule has 0 bridgehead atoms. The molecule has 1 saturated carbocycles. The lowest BCUT2D eigenvalue weighted by Crippen LogP contribution is -2.42. The van der Waals surface area contributed by atoms with Gasteiger partial charge in [-0.2, -0.15) is 0 Å². The van der Waals surface area contributed by atoms with Crippen LogP contribution in [0.5, 0.6) is 0 Å². The Bertz CT molecular complexity index is 407. The summed E-state index contributed by atoms with van der Waals surface area (Å²) in [5.41, 5.74) is 0. The van der Waals surface area contributed by atoms with Gasteiger partial charge in [0, 0.05) is 13.2 Å². The molecule has 21 heavy (non-hydrogen) atoms. The van der Waals surface area contributed by atoms with E-state index in [1.165, 1.54) is 0 Å². The summed E-state index contributed by atoms with van der Waals surface area (Å²) in [5, 5.41) is 21.5. The number of hydrogen-bond donors (Lipinski definition) is 3. The number of aliphatic hydroxyl groups is 1. The van der Waals surface area contributed by atoms with Crippen LogP contribution in [0.25, 0.3) is 0 Å². The van der Waals surface area contributed by atoms with E-state index in [-0.39, 0.29) is 18.4 Å². The van der Waals surface area contributed by atoms with Crippen LogP contribution in [0, 0.1) is 23.7 Å². The second-order valence-corrected chi connectivity index (χ2v) is 6.23. The van der Waals surface area contributed by atoms with E-state index in [2.05, 4.69) is 5.32 Å². The fraction of sp³-hybridized carbons (Fsp3) is 0.750. The monoisotopic (exact) mass is 295 g/mol. The van der Waals surface area contributed by atoms with Gasteiger partial charge in [-0.1, -0.05) is 25.0 Å². The van der Waals surface area contributed by atoms with Crippen molar-refractivity contribution in [3.05, 3.63) is 12.2 Å². The second-order valence-electron chi connectivity index (χ2n) is 6.23. The summed E-state index contributed by atoms with van der Waals surface area (Å²) in [5.74, 6) is -1.56. The van der Waals surface area contributed by atoms with E-state index in [1.807, 2.05) is 12.2 Å². The van der Waals surface area contributed by atoms with E-state index in [9.17, 15) is 19.8 Å². The third-order valence-electron chi connectivity index (χ3n) is 4.93. The molecule has 0 aromatic carbocycles. The predicted molar refractivity (Wildman–Crippen MR) is 78.5 cm³/mol. The van der Waals surface area contributed by atoms with E-state index in [0.29, 0.717) is 25.3 Å². The molecule has 0 aliphatic heterocycles. The number of carboxylic acid groups (broad SMARTS) is 1. The molecule has 0 spiro atoms. The molecule has 118 valence electrons. The van der Waals surface area contributed by atoms with Crippen LogP contribution in [0.15, 0.2) is 12.2 Å². The number of amides is 1. The van der Waals surface area contributed by atoms with Crippen LogP contribution in [0.4, 0.5) is 0 Å². The molecular weight excluding hydrogens is 270 g/mol. The van der Waals surface area contributed by atoms with Crippen LogP contribution in [-0.2, 0) is 9.59 Å². The number of hydrogen-bond acceptors (Lipinski definition) is 3. The van der Waals surface area contributed by atoms with E-state index < -0.39 is 17.8 Å². The lowest BCUT2D eigenvalue weighted by molar-refractivity contribution is -0.147. The van der Waals surface area contributed by atoms with Gasteiger partial charge in [-0.15, -0.1) is 0 Å². The highest BCUT2D eigenvalue weighted by atomic mass is 16.4. The third-order valence-corrected chi connectivity index (χ3v) is 4.93. The van der Waals surface area contributed by atoms with Gasteiger partial charge in [-0.3, -0.25) is 9.59 Å². The minimum absolute atomic E-state index is 0.158. The molecule has 0 saturated heterocycles. The van der Waals surface area contributed by atoms with Crippen LogP contribution in [0.1, 0.15) is 38.5 Å². The molecule has 2 rings (SSSR count). The van der Waals surface area contributed by atoms with E-state index in [1.54, 1.807) is 0 Å². The Labute approximate surface area is 125 Å². The molecule has 1 fully saturated rings. The van der Waals surface area contributed by atoms with Gasteiger partial charge < -0.3 is 15.5 Å². The van der Waals surface area contributed by atoms with Crippen molar-refractivity contribution >= 4 is 11.9 Å². The molecule has 4 unspecified atom stereocenters. The van der Waals surface area contributed by atoms with Crippen molar-refractivity contribution < 1.29 is 19.8 Å². The molecule has 2 aliphatic carbocycles. The molecule has 0 heterocycles. The number of aliphatic hydroxyl groups excluding tert-OH is 1. The van der Waals surface area contributed by atoms with E-state index in [0.717, 1.165) is 25.7 Å². The first-order chi connectivity index (χ1) is 10.1. The summed E-state index contributed by atoms with van der Waals surface area (Å²) in [4.78, 5) is 23.5. The zero-order valence-corrected chi connectivity index (χ0v) is 12.3. The van der Waals surface area contributed by atoms with Gasteiger partial charge in [0.2, 0.25) is 5.91 Å². The summed E-state index contributed by atoms with van der Waals surface area (Å²) < 4.78 is 0. The Morgan fingerprint density at radius 3 is 2.29 bits per heavy atom. The Kier molecular flexibility index (Phi) is 5.79. The number of nitrogens with one attached hydrogen (secondary N) is 1. The van der Waals surface area contributed by atoms with Crippen LogP contribution in [-0.4, -0.2) is 35.2 Å². The Morgan fingerprint density at radius 2 is 1.67 bits per heavy atom. The molecule has 4 atom stereocenters. The van der Waals surface area contributed by atoms with Crippen molar-refractivity contribution in [2.45, 2.75) is 38.5 Å². The third kappa shape index (κ3) is 4.06. The lowest BCUT2D eigenvalue weighted by Gasteiger charge is -2.31. The highest BCUT2D eigenvalue weighted by molar-refractivity contribution is 5.85. The Morgan fingerprint density at radius 1 is 1.05 bits per heavy atom. The fourth-order valence-electron chi connectivity index (χ4n) is 3.53. The Balaban J connectivity index is 1.88. The van der Waals surface area contributed by atoms with Gasteiger partial charge in [0.1, 0.15) is 0 Å². The van der Waals surface area contributed by atoms with Crippen molar-refractivity contribution in [2.24, 2.45) is 23.7 Å². The van der Waals surface area contributed by atoms with Gasteiger partial charge in [-0.05, 0) is 37.5 Å². The fourth-order valence-corrected chi connectivity index (χ4v) is 3.53. The smallest absolute Gasteiger partial charge is 0.307 e. The Hall–Kier alpha value is -1.36. The highest BCUT2D eigenvalue weighted by Crippen LogP contribution is 2.30. The number of rotatable bonds is 5. The average molecular weight is 295 g/mol. The zero-order chi connectivity index (χ0) is 15.2. The standard InChI is InChI=1S/C16H25NO4/c18-10-12-6-2-1-5-11(12)9-17-15(19)13-7-3-4-8-14(13)16(20)21/h3-4,11-14,18H,1-2,5-10H2,(H,17,19)(H,20,21). The minimum Gasteiger partial charge on any atom is -0.481 e. The van der Waals surface area contributed by atoms with E-state index >= 15 is 0 Å². The first-order valence-corrected chi connectivity index (χ1v) is 7.89. The molecule has 0 aromatic heterocycles. The molecule has 0 radical (unpaired) electrons. The van der Waals surface area contributed by atoms with Crippen LogP contribution in [0.3, 0.4) is 0 Å². The van der Waals surface area contributed by atoms with Gasteiger partial charge >= 0.3 is 5.97 Å². The molecule has 3 N–H and O–H groups in total. The maximum atomic E-state index is 12.3. The molecule has 1 amide bonds. The summed E-state index contributed by atoms with van der Waals surface area (Å²) >= 11 is 0. The maximum Gasteiger partial charge on any atom is 0.307 e. The maximum absolute atomic E-state index is 12.3. The SMILES string of the molecule is O=C(O)C1CC=CCC1C(=O)NCC1CCCCC1CO. The topological polar surface area (TPSA) is 86.6 Å². The number of aliphatic carboxylic acids is 1.